The van der Waals surface area contributed by atoms with Gasteiger partial charge >= 0.3 is 0 Å². The Kier molecular flexibility index (Phi) is 4.47. The molecule has 0 aliphatic heterocycles. The van der Waals surface area contributed by atoms with Crippen LogP contribution in [0.25, 0.3) is 39.2 Å². The van der Waals surface area contributed by atoms with Crippen LogP contribution in [0.1, 0.15) is 0 Å². The van der Waals surface area contributed by atoms with Gasteiger partial charge in [0.25, 0.3) is 0 Å². The van der Waals surface area contributed by atoms with Gasteiger partial charge in [-0.05, 0) is 35.9 Å². The summed E-state index contributed by atoms with van der Waals surface area (Å²) in [5.74, 6) is -1.50. The highest BCUT2D eigenvalue weighted by atomic mass is 19.2. The van der Waals surface area contributed by atoms with E-state index in [1.807, 2.05) is 49.3 Å². The second-order valence-corrected chi connectivity index (χ2v) is 7.36. The number of fused-ring (bicyclic) bond motifs is 1. The van der Waals surface area contributed by atoms with Crippen molar-refractivity contribution >= 4 is 16.7 Å². The number of H-pyrrole nitrogens is 1. The van der Waals surface area contributed by atoms with Crippen LogP contribution in [-0.4, -0.2) is 38.8 Å². The molecule has 8 heteroatoms. The molecule has 154 valence electrons. The maximum atomic E-state index is 14.4. The minimum absolute atomic E-state index is 0.0396. The van der Waals surface area contributed by atoms with Crippen LogP contribution < -0.4 is 4.90 Å². The van der Waals surface area contributed by atoms with Gasteiger partial charge in [0.05, 0.1) is 5.69 Å². The molecule has 5 aromatic rings. The van der Waals surface area contributed by atoms with Gasteiger partial charge in [0.2, 0.25) is 0 Å². The number of hydrogen-bond donors (Lipinski definition) is 1. The zero-order valence-electron chi connectivity index (χ0n) is 16.8. The Balaban J connectivity index is 1.62. The minimum Gasteiger partial charge on any atom is -0.378 e. The highest BCUT2D eigenvalue weighted by Gasteiger charge is 2.18. The summed E-state index contributed by atoms with van der Waals surface area (Å²) in [6, 6.07) is 14.2. The second kappa shape index (κ2) is 7.32. The van der Waals surface area contributed by atoms with Gasteiger partial charge in [0, 0.05) is 48.7 Å². The van der Waals surface area contributed by atoms with E-state index in [9.17, 15) is 8.78 Å². The number of aromatic amines is 1. The van der Waals surface area contributed by atoms with Gasteiger partial charge in [-0.1, -0.05) is 18.2 Å². The molecule has 0 amide bonds. The largest absolute Gasteiger partial charge is 0.378 e. The number of halogens is 2. The molecule has 2 aromatic carbocycles. The minimum atomic E-state index is -0.955. The first-order chi connectivity index (χ1) is 15.0. The molecular formula is C23H18F2N6. The monoisotopic (exact) mass is 416 g/mol. The van der Waals surface area contributed by atoms with Gasteiger partial charge in [0.1, 0.15) is 12.0 Å². The number of aromatic nitrogens is 5. The quantitative estimate of drug-likeness (QED) is 0.456. The number of rotatable bonds is 4. The normalized spacial score (nSPS) is 11.2. The van der Waals surface area contributed by atoms with Crippen molar-refractivity contribution in [2.24, 2.45) is 0 Å². The number of benzene rings is 2. The number of pyridine rings is 1. The van der Waals surface area contributed by atoms with E-state index in [1.54, 1.807) is 12.4 Å². The molecule has 5 rings (SSSR count). The summed E-state index contributed by atoms with van der Waals surface area (Å²) in [6.45, 7) is 0. The SMILES string of the molecule is CN(C)c1ccc(-c2cnc3[nH]cc(-c4nncn4-c4cccc(F)c4F)c3c2)cc1. The van der Waals surface area contributed by atoms with Gasteiger partial charge < -0.3 is 9.88 Å². The van der Waals surface area contributed by atoms with E-state index in [4.69, 9.17) is 0 Å². The first-order valence-electron chi connectivity index (χ1n) is 9.62. The number of nitrogens with zero attached hydrogens (tertiary/aromatic N) is 5. The Labute approximate surface area is 176 Å². The summed E-state index contributed by atoms with van der Waals surface area (Å²) in [7, 11) is 3.98. The summed E-state index contributed by atoms with van der Waals surface area (Å²) >= 11 is 0. The van der Waals surface area contributed by atoms with E-state index in [0.717, 1.165) is 28.3 Å². The van der Waals surface area contributed by atoms with Crippen molar-refractivity contribution in [1.82, 2.24) is 24.7 Å². The van der Waals surface area contributed by atoms with Crippen LogP contribution in [0.3, 0.4) is 0 Å². The van der Waals surface area contributed by atoms with Crippen LogP contribution in [0.4, 0.5) is 14.5 Å². The van der Waals surface area contributed by atoms with Gasteiger partial charge in [-0.3, -0.25) is 4.57 Å². The summed E-state index contributed by atoms with van der Waals surface area (Å²) in [6.07, 6.45) is 4.90. The number of anilines is 1. The summed E-state index contributed by atoms with van der Waals surface area (Å²) in [4.78, 5) is 9.67. The van der Waals surface area contributed by atoms with Crippen LogP contribution in [0.2, 0.25) is 0 Å². The van der Waals surface area contributed by atoms with Crippen LogP contribution in [0.15, 0.2) is 67.3 Å². The maximum Gasteiger partial charge on any atom is 0.182 e. The molecule has 0 atom stereocenters. The third-order valence-electron chi connectivity index (χ3n) is 5.23. The molecule has 0 saturated heterocycles. The van der Waals surface area contributed by atoms with E-state index in [2.05, 4.69) is 20.2 Å². The fourth-order valence-electron chi connectivity index (χ4n) is 3.57. The Morgan fingerprint density at radius 2 is 1.81 bits per heavy atom. The fourth-order valence-corrected chi connectivity index (χ4v) is 3.57. The average Bonchev–Trinajstić information content (AvgIpc) is 3.42. The molecule has 0 bridgehead atoms. The lowest BCUT2D eigenvalue weighted by atomic mass is 10.0. The van der Waals surface area contributed by atoms with E-state index in [1.165, 1.54) is 23.0 Å². The smallest absolute Gasteiger partial charge is 0.182 e. The first-order valence-corrected chi connectivity index (χ1v) is 9.62. The van der Waals surface area contributed by atoms with Crippen LogP contribution in [-0.2, 0) is 0 Å². The molecule has 3 heterocycles. The zero-order valence-corrected chi connectivity index (χ0v) is 16.8. The molecule has 31 heavy (non-hydrogen) atoms. The van der Waals surface area contributed by atoms with Crippen molar-refractivity contribution in [2.75, 3.05) is 19.0 Å². The van der Waals surface area contributed by atoms with Crippen molar-refractivity contribution in [3.05, 3.63) is 78.9 Å². The molecule has 0 saturated carbocycles. The van der Waals surface area contributed by atoms with Gasteiger partial charge in [-0.2, -0.15) is 0 Å². The third kappa shape index (κ3) is 3.22. The number of nitrogens with one attached hydrogen (secondary N) is 1. The van der Waals surface area contributed by atoms with Crippen LogP contribution >= 0.6 is 0 Å². The lowest BCUT2D eigenvalue weighted by Crippen LogP contribution is -2.07. The lowest BCUT2D eigenvalue weighted by molar-refractivity contribution is 0.504. The first kappa shape index (κ1) is 18.9. The van der Waals surface area contributed by atoms with Crippen molar-refractivity contribution in [1.29, 1.82) is 0 Å². The third-order valence-corrected chi connectivity index (χ3v) is 5.23. The molecule has 1 N–H and O–H groups in total. The summed E-state index contributed by atoms with van der Waals surface area (Å²) in [5.41, 5.74) is 4.45. The number of hydrogen-bond acceptors (Lipinski definition) is 4. The molecular weight excluding hydrogens is 398 g/mol. The Morgan fingerprint density at radius 3 is 2.58 bits per heavy atom. The van der Waals surface area contributed by atoms with Crippen LogP contribution in [0, 0.1) is 11.6 Å². The van der Waals surface area contributed by atoms with Crippen LogP contribution in [0.5, 0.6) is 0 Å². The van der Waals surface area contributed by atoms with Crippen molar-refractivity contribution < 1.29 is 8.78 Å². The van der Waals surface area contributed by atoms with Gasteiger partial charge in [-0.15, -0.1) is 10.2 Å². The predicted molar refractivity (Wildman–Crippen MR) is 116 cm³/mol. The van der Waals surface area contributed by atoms with E-state index < -0.39 is 11.6 Å². The maximum absolute atomic E-state index is 14.4. The van der Waals surface area contributed by atoms with Gasteiger partial charge in [0.15, 0.2) is 17.5 Å². The second-order valence-electron chi connectivity index (χ2n) is 7.36. The fraction of sp³-hybridized carbons (Fsp3) is 0.0870. The van der Waals surface area contributed by atoms with Gasteiger partial charge in [-0.25, -0.2) is 13.8 Å². The Bertz CT molecular complexity index is 1390. The average molecular weight is 416 g/mol. The molecule has 0 aliphatic carbocycles. The molecule has 0 unspecified atom stereocenters. The molecule has 3 aromatic heterocycles. The van der Waals surface area contributed by atoms with Crippen molar-refractivity contribution in [3.8, 4) is 28.2 Å². The van der Waals surface area contributed by atoms with E-state index in [0.29, 0.717) is 17.0 Å². The summed E-state index contributed by atoms with van der Waals surface area (Å²) in [5, 5.41) is 8.89. The Morgan fingerprint density at radius 1 is 1.00 bits per heavy atom. The highest BCUT2D eigenvalue weighted by Crippen LogP contribution is 2.32. The molecule has 0 spiro atoms. The molecule has 6 nitrogen and oxygen atoms in total. The van der Waals surface area contributed by atoms with E-state index >= 15 is 0 Å². The molecule has 0 radical (unpaired) electrons. The van der Waals surface area contributed by atoms with Crippen molar-refractivity contribution in [2.45, 2.75) is 0 Å². The topological polar surface area (TPSA) is 62.6 Å². The Hall–Kier alpha value is -4.07. The standard InChI is InChI=1S/C23H18F2N6/c1-30(2)16-8-6-14(7-9-16)15-10-17-18(12-27-22(17)26-11-15)23-29-28-13-31(23)20-5-3-4-19(24)21(20)25/h3-13H,1-2H3,(H,26,27). The summed E-state index contributed by atoms with van der Waals surface area (Å²) < 4.78 is 29.6. The lowest BCUT2D eigenvalue weighted by Gasteiger charge is -2.12. The van der Waals surface area contributed by atoms with E-state index in [-0.39, 0.29) is 5.69 Å². The zero-order chi connectivity index (χ0) is 21.5. The van der Waals surface area contributed by atoms with Crippen molar-refractivity contribution in [3.63, 3.8) is 0 Å². The molecule has 0 fully saturated rings. The highest BCUT2D eigenvalue weighted by molar-refractivity contribution is 5.94. The predicted octanol–water partition coefficient (Wildman–Crippen LogP) is 4.82. The molecule has 0 aliphatic rings.